The van der Waals surface area contributed by atoms with Gasteiger partial charge >= 0.3 is 0 Å². The fraction of sp³-hybridized carbons (Fsp3) is 0.167. The summed E-state index contributed by atoms with van der Waals surface area (Å²) in [6, 6.07) is 13.5. The molecule has 1 amide bonds. The number of rotatable bonds is 2. The van der Waals surface area contributed by atoms with Gasteiger partial charge in [0, 0.05) is 15.6 Å². The van der Waals surface area contributed by atoms with Crippen molar-refractivity contribution in [3.05, 3.63) is 74.1 Å². The van der Waals surface area contributed by atoms with Crippen LogP contribution in [0.3, 0.4) is 0 Å². The van der Waals surface area contributed by atoms with E-state index in [1.165, 1.54) is 17.3 Å². The van der Waals surface area contributed by atoms with Crippen molar-refractivity contribution >= 4 is 46.9 Å². The lowest BCUT2D eigenvalue weighted by Gasteiger charge is -2.14. The first-order valence-electron chi connectivity index (χ1n) is 7.77. The molecule has 2 aliphatic rings. The average Bonchev–Trinajstić information content (AvgIpc) is 3.11. The van der Waals surface area contributed by atoms with E-state index in [9.17, 15) is 4.79 Å². The van der Waals surface area contributed by atoms with Crippen molar-refractivity contribution in [3.63, 3.8) is 0 Å². The van der Waals surface area contributed by atoms with Gasteiger partial charge < -0.3 is 0 Å². The van der Waals surface area contributed by atoms with E-state index in [1.54, 1.807) is 29.3 Å². The molecule has 0 saturated carbocycles. The zero-order valence-corrected chi connectivity index (χ0v) is 15.6. The van der Waals surface area contributed by atoms with Crippen LogP contribution in [0.5, 0.6) is 0 Å². The number of hydrazine groups is 1. The van der Waals surface area contributed by atoms with Gasteiger partial charge in [0.25, 0.3) is 5.91 Å². The second kappa shape index (κ2) is 6.67. The number of hydrogen-bond donors (Lipinski definition) is 2. The number of halogens is 2. The van der Waals surface area contributed by atoms with Gasteiger partial charge in [-0.15, -0.1) is 0 Å². The molecule has 2 atom stereocenters. The molecule has 2 unspecified atom stereocenters. The summed E-state index contributed by atoms with van der Waals surface area (Å²) in [5.41, 5.74) is 6.02. The van der Waals surface area contributed by atoms with Crippen molar-refractivity contribution in [2.24, 2.45) is 0 Å². The molecule has 4 rings (SSSR count). The molecular formula is C18H15Cl2N3OS. The van der Waals surface area contributed by atoms with Crippen molar-refractivity contribution in [1.29, 1.82) is 0 Å². The standard InChI is InChI=1S/C18H15Cl2N3OS/c1-10-4-2-5-11(8-10)16-21-18-23(22-16)17(24)15(25-18)9-12-13(19)6-3-7-14(12)20/h2-9,16,18,21-22H,1H3. The van der Waals surface area contributed by atoms with Crippen molar-refractivity contribution in [2.45, 2.75) is 18.6 Å². The van der Waals surface area contributed by atoms with Gasteiger partial charge in [0.2, 0.25) is 0 Å². The number of aryl methyl sites for hydroxylation is 1. The molecular weight excluding hydrogens is 377 g/mol. The van der Waals surface area contributed by atoms with Gasteiger partial charge in [0.05, 0.1) is 4.91 Å². The Morgan fingerprint density at radius 1 is 1.16 bits per heavy atom. The third-order valence-corrected chi connectivity index (χ3v) is 5.91. The Bertz CT molecular complexity index is 866. The van der Waals surface area contributed by atoms with E-state index < -0.39 is 0 Å². The van der Waals surface area contributed by atoms with Crippen LogP contribution in [-0.2, 0) is 4.79 Å². The average molecular weight is 392 g/mol. The molecule has 2 saturated heterocycles. The van der Waals surface area contributed by atoms with Crippen molar-refractivity contribution in [2.75, 3.05) is 0 Å². The van der Waals surface area contributed by atoms with Crippen molar-refractivity contribution in [3.8, 4) is 0 Å². The number of hydrogen-bond acceptors (Lipinski definition) is 4. The molecule has 0 aliphatic carbocycles. The molecule has 2 heterocycles. The second-order valence-electron chi connectivity index (χ2n) is 5.93. The summed E-state index contributed by atoms with van der Waals surface area (Å²) in [5, 5.41) is 6.09. The number of benzene rings is 2. The smallest absolute Gasteiger partial charge is 0.267 e. The van der Waals surface area contributed by atoms with E-state index in [4.69, 9.17) is 23.2 Å². The number of thioether (sulfide) groups is 1. The van der Waals surface area contributed by atoms with Crippen LogP contribution in [0.2, 0.25) is 10.0 Å². The maximum absolute atomic E-state index is 12.7. The number of carbonyl (C=O) groups excluding carboxylic acids is 1. The zero-order valence-electron chi connectivity index (χ0n) is 13.3. The third kappa shape index (κ3) is 3.18. The van der Waals surface area contributed by atoms with E-state index in [-0.39, 0.29) is 17.6 Å². The lowest BCUT2D eigenvalue weighted by molar-refractivity contribution is -0.127. The Labute approximate surface area is 160 Å². The van der Waals surface area contributed by atoms with Gasteiger partial charge in [-0.2, -0.15) is 0 Å². The molecule has 0 spiro atoms. The molecule has 2 fully saturated rings. The van der Waals surface area contributed by atoms with Crippen LogP contribution in [0.25, 0.3) is 6.08 Å². The van der Waals surface area contributed by atoms with E-state index in [0.717, 1.165) is 5.56 Å². The topological polar surface area (TPSA) is 44.4 Å². The molecule has 7 heteroatoms. The Balaban J connectivity index is 1.56. The summed E-state index contributed by atoms with van der Waals surface area (Å²) in [6.45, 7) is 2.05. The predicted molar refractivity (Wildman–Crippen MR) is 103 cm³/mol. The zero-order chi connectivity index (χ0) is 17.6. The summed E-state index contributed by atoms with van der Waals surface area (Å²) in [6.07, 6.45) is 1.66. The fourth-order valence-corrected chi connectivity index (χ4v) is 4.50. The first kappa shape index (κ1) is 16.9. The summed E-state index contributed by atoms with van der Waals surface area (Å²) >= 11 is 13.9. The number of nitrogens with zero attached hydrogens (tertiary/aromatic N) is 1. The first-order valence-corrected chi connectivity index (χ1v) is 9.41. The van der Waals surface area contributed by atoms with Gasteiger partial charge in [-0.05, 0) is 30.7 Å². The van der Waals surface area contributed by atoms with Crippen LogP contribution >= 0.6 is 35.0 Å². The molecule has 4 nitrogen and oxygen atoms in total. The van der Waals surface area contributed by atoms with Gasteiger partial charge in [-0.3, -0.25) is 10.1 Å². The summed E-state index contributed by atoms with van der Waals surface area (Å²) in [7, 11) is 0. The summed E-state index contributed by atoms with van der Waals surface area (Å²) in [4.78, 5) is 13.3. The molecule has 2 aliphatic heterocycles. The maximum atomic E-state index is 12.7. The Morgan fingerprint density at radius 2 is 1.88 bits per heavy atom. The normalized spacial score (nSPS) is 24.2. The summed E-state index contributed by atoms with van der Waals surface area (Å²) in [5.74, 6) is -0.0892. The molecule has 2 N–H and O–H groups in total. The number of fused-ring (bicyclic) bond motifs is 1. The van der Waals surface area contributed by atoms with Gasteiger partial charge in [0.1, 0.15) is 6.17 Å². The highest BCUT2D eigenvalue weighted by atomic mass is 35.5. The minimum Gasteiger partial charge on any atom is -0.267 e. The number of nitrogens with one attached hydrogen (secondary N) is 2. The van der Waals surface area contributed by atoms with E-state index >= 15 is 0 Å². The fourth-order valence-electron chi connectivity index (χ4n) is 2.90. The monoisotopic (exact) mass is 391 g/mol. The molecule has 2 aromatic carbocycles. The van der Waals surface area contributed by atoms with Crippen LogP contribution < -0.4 is 10.7 Å². The van der Waals surface area contributed by atoms with Crippen LogP contribution in [0, 0.1) is 6.92 Å². The lowest BCUT2D eigenvalue weighted by atomic mass is 10.1. The van der Waals surface area contributed by atoms with Crippen molar-refractivity contribution < 1.29 is 4.79 Å². The Kier molecular flexibility index (Phi) is 4.52. The van der Waals surface area contributed by atoms with Crippen LogP contribution in [0.1, 0.15) is 22.9 Å². The van der Waals surface area contributed by atoms with Gasteiger partial charge in [-0.25, -0.2) is 10.4 Å². The second-order valence-corrected chi connectivity index (χ2v) is 7.87. The largest absolute Gasteiger partial charge is 0.276 e. The highest BCUT2D eigenvalue weighted by molar-refractivity contribution is 8.05. The van der Waals surface area contributed by atoms with E-state index in [0.29, 0.717) is 20.5 Å². The van der Waals surface area contributed by atoms with Gasteiger partial charge in [0.15, 0.2) is 5.50 Å². The Hall–Kier alpha value is -1.50. The lowest BCUT2D eigenvalue weighted by Crippen LogP contribution is -2.37. The highest BCUT2D eigenvalue weighted by Gasteiger charge is 2.43. The van der Waals surface area contributed by atoms with E-state index in [2.05, 4.69) is 16.8 Å². The molecule has 128 valence electrons. The minimum absolute atomic E-state index is 0.0892. The van der Waals surface area contributed by atoms with E-state index in [1.807, 2.05) is 25.1 Å². The maximum Gasteiger partial charge on any atom is 0.276 e. The van der Waals surface area contributed by atoms with Gasteiger partial charge in [-0.1, -0.05) is 70.9 Å². The third-order valence-electron chi connectivity index (χ3n) is 4.13. The van der Waals surface area contributed by atoms with Crippen LogP contribution in [0.15, 0.2) is 47.4 Å². The molecule has 0 aromatic heterocycles. The van der Waals surface area contributed by atoms with Crippen molar-refractivity contribution in [1.82, 2.24) is 15.8 Å². The Morgan fingerprint density at radius 3 is 2.56 bits per heavy atom. The highest BCUT2D eigenvalue weighted by Crippen LogP contribution is 2.40. The molecule has 0 radical (unpaired) electrons. The molecule has 0 bridgehead atoms. The van der Waals surface area contributed by atoms with Crippen LogP contribution in [0.4, 0.5) is 0 Å². The predicted octanol–water partition coefficient (Wildman–Crippen LogP) is 4.31. The van der Waals surface area contributed by atoms with Crippen LogP contribution in [-0.4, -0.2) is 16.4 Å². The molecule has 2 aromatic rings. The first-order chi connectivity index (χ1) is 12.0. The molecule has 25 heavy (non-hydrogen) atoms. The minimum atomic E-state index is -0.162. The number of amides is 1. The number of carbonyl (C=O) groups is 1. The summed E-state index contributed by atoms with van der Waals surface area (Å²) < 4.78 is 0. The quantitative estimate of drug-likeness (QED) is 0.748. The SMILES string of the molecule is Cc1cccc(C2NC3SC(=Cc4c(Cl)cccc4Cl)C(=O)N3N2)c1.